The Bertz CT molecular complexity index is 561. The van der Waals surface area contributed by atoms with Crippen molar-refractivity contribution in [2.24, 2.45) is 0 Å². The van der Waals surface area contributed by atoms with Gasteiger partial charge >= 0.3 is 0 Å². The first-order chi connectivity index (χ1) is 11.4. The minimum Gasteiger partial charge on any atom is -0.484 e. The van der Waals surface area contributed by atoms with Gasteiger partial charge < -0.3 is 14.8 Å². The molecule has 1 aliphatic rings. The van der Waals surface area contributed by atoms with Crippen LogP contribution in [0.3, 0.4) is 0 Å². The van der Waals surface area contributed by atoms with Crippen molar-refractivity contribution < 1.29 is 14.3 Å². The molecule has 1 heterocycles. The summed E-state index contributed by atoms with van der Waals surface area (Å²) in [6, 6.07) is 5.37. The van der Waals surface area contributed by atoms with Gasteiger partial charge in [-0.2, -0.15) is 0 Å². The Morgan fingerprint density at radius 2 is 2.12 bits per heavy atom. The van der Waals surface area contributed by atoms with Crippen molar-refractivity contribution in [1.29, 1.82) is 0 Å². The van der Waals surface area contributed by atoms with E-state index in [1.807, 2.05) is 13.0 Å². The van der Waals surface area contributed by atoms with Gasteiger partial charge in [-0.25, -0.2) is 0 Å². The summed E-state index contributed by atoms with van der Waals surface area (Å²) in [5.41, 5.74) is 0.859. The van der Waals surface area contributed by atoms with Gasteiger partial charge in [-0.05, 0) is 44.0 Å². The van der Waals surface area contributed by atoms with Crippen molar-refractivity contribution in [1.82, 2.24) is 10.2 Å². The van der Waals surface area contributed by atoms with Crippen molar-refractivity contribution in [2.75, 3.05) is 39.5 Å². The van der Waals surface area contributed by atoms with Crippen LogP contribution in [0.1, 0.15) is 25.8 Å². The summed E-state index contributed by atoms with van der Waals surface area (Å²) < 4.78 is 11.0. The van der Waals surface area contributed by atoms with Crippen molar-refractivity contribution >= 4 is 17.5 Å². The molecule has 0 radical (unpaired) electrons. The van der Waals surface area contributed by atoms with E-state index < -0.39 is 0 Å². The quantitative estimate of drug-likeness (QED) is 0.817. The molecule has 2 rings (SSSR count). The number of amides is 1. The predicted octanol–water partition coefficient (Wildman–Crippen LogP) is 2.64. The minimum atomic E-state index is -0.114. The van der Waals surface area contributed by atoms with Crippen LogP contribution in [0, 0.1) is 6.92 Å². The number of ether oxygens (including phenoxy) is 2. The third-order valence-corrected chi connectivity index (χ3v) is 4.93. The van der Waals surface area contributed by atoms with E-state index in [4.69, 9.17) is 21.1 Å². The standard InChI is InChI=1S/C18H27ClN2O3/c1-4-18(3,21-7-9-23-10-8-21)13-20-17(22)12-24-16-6-5-15(19)11-14(16)2/h5-6,11H,4,7-10,12-13H2,1-3H3,(H,20,22)/t18-/m1/s1. The number of halogens is 1. The molecule has 1 N–H and O–H groups in total. The van der Waals surface area contributed by atoms with E-state index in [-0.39, 0.29) is 18.1 Å². The summed E-state index contributed by atoms with van der Waals surface area (Å²) in [6.07, 6.45) is 0.963. The van der Waals surface area contributed by atoms with E-state index in [0.29, 0.717) is 17.3 Å². The Kier molecular flexibility index (Phi) is 6.90. The normalized spacial score (nSPS) is 18.0. The first-order valence-corrected chi connectivity index (χ1v) is 8.81. The number of rotatable bonds is 7. The van der Waals surface area contributed by atoms with Gasteiger partial charge in [0, 0.05) is 30.2 Å². The lowest BCUT2D eigenvalue weighted by Gasteiger charge is -2.43. The number of benzene rings is 1. The molecule has 1 saturated heterocycles. The van der Waals surface area contributed by atoms with Crippen LogP contribution in [0.25, 0.3) is 0 Å². The highest BCUT2D eigenvalue weighted by atomic mass is 35.5. The Hall–Kier alpha value is -1.30. The van der Waals surface area contributed by atoms with Gasteiger partial charge in [0.1, 0.15) is 5.75 Å². The first kappa shape index (κ1) is 19.0. The predicted molar refractivity (Wildman–Crippen MR) is 95.8 cm³/mol. The molecule has 134 valence electrons. The summed E-state index contributed by atoms with van der Waals surface area (Å²) in [7, 11) is 0. The maximum Gasteiger partial charge on any atom is 0.258 e. The lowest BCUT2D eigenvalue weighted by atomic mass is 9.95. The van der Waals surface area contributed by atoms with Gasteiger partial charge in [0.2, 0.25) is 0 Å². The molecule has 1 aromatic rings. The lowest BCUT2D eigenvalue weighted by molar-refractivity contribution is -0.124. The van der Waals surface area contributed by atoms with Crippen LogP contribution in [-0.4, -0.2) is 55.8 Å². The molecule has 0 spiro atoms. The number of morpholine rings is 1. The molecule has 0 bridgehead atoms. The number of hydrogen-bond donors (Lipinski definition) is 1. The highest BCUT2D eigenvalue weighted by molar-refractivity contribution is 6.30. The Morgan fingerprint density at radius 3 is 2.75 bits per heavy atom. The van der Waals surface area contributed by atoms with Crippen molar-refractivity contribution in [3.8, 4) is 5.75 Å². The summed E-state index contributed by atoms with van der Waals surface area (Å²) in [5.74, 6) is 0.568. The van der Waals surface area contributed by atoms with Gasteiger partial charge in [-0.3, -0.25) is 9.69 Å². The van der Waals surface area contributed by atoms with E-state index >= 15 is 0 Å². The van der Waals surface area contributed by atoms with Gasteiger partial charge in [0.25, 0.3) is 5.91 Å². The number of carbonyl (C=O) groups excluding carboxylic acids is 1. The van der Waals surface area contributed by atoms with Gasteiger partial charge in [-0.1, -0.05) is 18.5 Å². The second-order valence-corrected chi connectivity index (χ2v) is 6.86. The molecule has 1 aliphatic heterocycles. The number of hydrogen-bond acceptors (Lipinski definition) is 4. The molecule has 1 fully saturated rings. The molecule has 24 heavy (non-hydrogen) atoms. The van der Waals surface area contributed by atoms with Gasteiger partial charge in [0.15, 0.2) is 6.61 Å². The molecule has 5 nitrogen and oxygen atoms in total. The number of carbonyl (C=O) groups is 1. The highest BCUT2D eigenvalue weighted by Crippen LogP contribution is 2.22. The average Bonchev–Trinajstić information content (AvgIpc) is 2.59. The topological polar surface area (TPSA) is 50.8 Å². The summed E-state index contributed by atoms with van der Waals surface area (Å²) in [5, 5.41) is 3.66. The molecule has 1 amide bonds. The van der Waals surface area contributed by atoms with Crippen molar-refractivity contribution in [3.63, 3.8) is 0 Å². The van der Waals surface area contributed by atoms with Crippen LogP contribution in [0.4, 0.5) is 0 Å². The van der Waals surface area contributed by atoms with E-state index in [0.717, 1.165) is 38.3 Å². The van der Waals surface area contributed by atoms with Crippen molar-refractivity contribution in [3.05, 3.63) is 28.8 Å². The third kappa shape index (κ3) is 5.10. The molecule has 6 heteroatoms. The zero-order valence-corrected chi connectivity index (χ0v) is 15.5. The summed E-state index contributed by atoms with van der Waals surface area (Å²) in [6.45, 7) is 10.2. The van der Waals surface area contributed by atoms with Gasteiger partial charge in [-0.15, -0.1) is 0 Å². The fraction of sp³-hybridized carbons (Fsp3) is 0.611. The van der Waals surface area contributed by atoms with E-state index in [1.54, 1.807) is 12.1 Å². The van der Waals surface area contributed by atoms with Crippen LogP contribution in [0.15, 0.2) is 18.2 Å². The second-order valence-electron chi connectivity index (χ2n) is 6.43. The molecular weight excluding hydrogens is 328 g/mol. The number of nitrogens with one attached hydrogen (secondary N) is 1. The zero-order chi connectivity index (χ0) is 17.6. The minimum absolute atomic E-state index is 0.00534. The lowest BCUT2D eigenvalue weighted by Crippen LogP contribution is -2.57. The van der Waals surface area contributed by atoms with E-state index in [2.05, 4.69) is 24.1 Å². The van der Waals surface area contributed by atoms with Crippen LogP contribution in [0.5, 0.6) is 5.75 Å². The molecule has 0 aliphatic carbocycles. The third-order valence-electron chi connectivity index (χ3n) is 4.70. The fourth-order valence-corrected chi connectivity index (χ4v) is 3.05. The zero-order valence-electron chi connectivity index (χ0n) is 14.7. The largest absolute Gasteiger partial charge is 0.484 e. The molecular formula is C18H27ClN2O3. The fourth-order valence-electron chi connectivity index (χ4n) is 2.82. The smallest absolute Gasteiger partial charge is 0.258 e. The Morgan fingerprint density at radius 1 is 1.42 bits per heavy atom. The molecule has 1 aromatic carbocycles. The van der Waals surface area contributed by atoms with Gasteiger partial charge in [0.05, 0.1) is 13.2 Å². The van der Waals surface area contributed by atoms with E-state index in [9.17, 15) is 4.79 Å². The molecule has 1 atom stereocenters. The molecule has 0 unspecified atom stereocenters. The first-order valence-electron chi connectivity index (χ1n) is 8.43. The average molecular weight is 355 g/mol. The molecule has 0 aromatic heterocycles. The van der Waals surface area contributed by atoms with Crippen molar-refractivity contribution in [2.45, 2.75) is 32.7 Å². The molecule has 0 saturated carbocycles. The maximum atomic E-state index is 12.1. The van der Waals surface area contributed by atoms with Crippen LogP contribution in [0.2, 0.25) is 5.02 Å². The van der Waals surface area contributed by atoms with Crippen LogP contribution < -0.4 is 10.1 Å². The van der Waals surface area contributed by atoms with E-state index in [1.165, 1.54) is 0 Å². The summed E-state index contributed by atoms with van der Waals surface area (Å²) >= 11 is 5.92. The second kappa shape index (κ2) is 8.70. The number of aryl methyl sites for hydroxylation is 1. The number of nitrogens with zero attached hydrogens (tertiary/aromatic N) is 1. The summed E-state index contributed by atoms with van der Waals surface area (Å²) in [4.78, 5) is 14.5. The Labute approximate surface area is 149 Å². The van der Waals surface area contributed by atoms with Crippen LogP contribution in [-0.2, 0) is 9.53 Å². The SMILES string of the molecule is CC[C@](C)(CNC(=O)COc1ccc(Cl)cc1C)N1CCOCC1. The monoisotopic (exact) mass is 354 g/mol. The van der Waals surface area contributed by atoms with Crippen LogP contribution >= 0.6 is 11.6 Å². The highest BCUT2D eigenvalue weighted by Gasteiger charge is 2.31. The Balaban J connectivity index is 1.82. The maximum absolute atomic E-state index is 12.1.